The van der Waals surface area contributed by atoms with E-state index in [2.05, 4.69) is 35.2 Å². The van der Waals surface area contributed by atoms with Gasteiger partial charge in [-0.2, -0.15) is 0 Å². The van der Waals surface area contributed by atoms with E-state index >= 15 is 0 Å². The molecular weight excluding hydrogens is 188 g/mol. The molecule has 1 heterocycles. The highest BCUT2D eigenvalue weighted by molar-refractivity contribution is 5.33. The maximum absolute atomic E-state index is 5.25. The standard InChI is InChI=1S/C11H20N4/c1-3-7-15(4-2)9-10-5-6-11(14-12)13-8-10/h5-6,8H,3-4,7,9,12H2,1-2H3,(H,13,14). The second-order valence-electron chi connectivity index (χ2n) is 3.56. The van der Waals surface area contributed by atoms with E-state index < -0.39 is 0 Å². The van der Waals surface area contributed by atoms with E-state index in [-0.39, 0.29) is 0 Å². The minimum absolute atomic E-state index is 0.706. The number of nitrogen functional groups attached to an aromatic ring is 1. The number of hydrazine groups is 1. The molecule has 3 N–H and O–H groups in total. The van der Waals surface area contributed by atoms with Crippen LogP contribution in [0.2, 0.25) is 0 Å². The third kappa shape index (κ3) is 3.85. The van der Waals surface area contributed by atoms with E-state index in [0.29, 0.717) is 5.82 Å². The average Bonchev–Trinajstić information content (AvgIpc) is 2.29. The van der Waals surface area contributed by atoms with E-state index in [1.54, 1.807) is 0 Å². The van der Waals surface area contributed by atoms with Crippen molar-refractivity contribution < 1.29 is 0 Å². The number of aromatic nitrogens is 1. The monoisotopic (exact) mass is 208 g/mol. The van der Waals surface area contributed by atoms with Gasteiger partial charge >= 0.3 is 0 Å². The lowest BCUT2D eigenvalue weighted by Crippen LogP contribution is -2.23. The van der Waals surface area contributed by atoms with Crippen LogP contribution in [0.4, 0.5) is 5.82 Å². The van der Waals surface area contributed by atoms with Gasteiger partial charge in [0, 0.05) is 12.7 Å². The number of hydrogen-bond acceptors (Lipinski definition) is 4. The first kappa shape index (κ1) is 11.9. The Labute approximate surface area is 91.5 Å². The van der Waals surface area contributed by atoms with Crippen molar-refractivity contribution in [3.05, 3.63) is 23.9 Å². The fourth-order valence-corrected chi connectivity index (χ4v) is 1.53. The highest BCUT2D eigenvalue weighted by Crippen LogP contribution is 2.07. The van der Waals surface area contributed by atoms with Crippen molar-refractivity contribution in [1.29, 1.82) is 0 Å². The maximum atomic E-state index is 5.25. The van der Waals surface area contributed by atoms with Gasteiger partial charge in [0.15, 0.2) is 0 Å². The summed E-state index contributed by atoms with van der Waals surface area (Å²) in [6.45, 7) is 7.54. The zero-order chi connectivity index (χ0) is 11.1. The summed E-state index contributed by atoms with van der Waals surface area (Å²) in [7, 11) is 0. The Morgan fingerprint density at radius 3 is 2.67 bits per heavy atom. The van der Waals surface area contributed by atoms with Gasteiger partial charge < -0.3 is 5.43 Å². The largest absolute Gasteiger partial charge is 0.308 e. The fraction of sp³-hybridized carbons (Fsp3) is 0.545. The molecule has 0 amide bonds. The fourth-order valence-electron chi connectivity index (χ4n) is 1.53. The Hall–Kier alpha value is -1.13. The summed E-state index contributed by atoms with van der Waals surface area (Å²) in [5.41, 5.74) is 3.75. The first-order valence-electron chi connectivity index (χ1n) is 5.44. The first-order chi connectivity index (χ1) is 7.30. The van der Waals surface area contributed by atoms with E-state index in [9.17, 15) is 0 Å². The summed E-state index contributed by atoms with van der Waals surface area (Å²) in [6.07, 6.45) is 3.05. The average molecular weight is 208 g/mol. The van der Waals surface area contributed by atoms with Crippen molar-refractivity contribution in [3.8, 4) is 0 Å². The van der Waals surface area contributed by atoms with Gasteiger partial charge in [-0.25, -0.2) is 10.8 Å². The summed E-state index contributed by atoms with van der Waals surface area (Å²) < 4.78 is 0. The molecule has 15 heavy (non-hydrogen) atoms. The lowest BCUT2D eigenvalue weighted by atomic mass is 10.2. The third-order valence-electron chi connectivity index (χ3n) is 2.37. The van der Waals surface area contributed by atoms with Crippen molar-refractivity contribution in [2.24, 2.45) is 5.84 Å². The highest BCUT2D eigenvalue weighted by Gasteiger charge is 2.02. The Bertz CT molecular complexity index is 270. The van der Waals surface area contributed by atoms with Crippen LogP contribution in [0.25, 0.3) is 0 Å². The molecule has 0 saturated heterocycles. The lowest BCUT2D eigenvalue weighted by molar-refractivity contribution is 0.280. The second-order valence-corrected chi connectivity index (χ2v) is 3.56. The minimum atomic E-state index is 0.706. The topological polar surface area (TPSA) is 54.2 Å². The van der Waals surface area contributed by atoms with E-state index in [4.69, 9.17) is 5.84 Å². The van der Waals surface area contributed by atoms with Crippen LogP contribution in [0.3, 0.4) is 0 Å². The normalized spacial score (nSPS) is 10.7. The molecule has 4 heteroatoms. The number of pyridine rings is 1. The van der Waals surface area contributed by atoms with Crippen molar-refractivity contribution in [2.45, 2.75) is 26.8 Å². The van der Waals surface area contributed by atoms with Crippen LogP contribution in [-0.2, 0) is 6.54 Å². The molecule has 4 nitrogen and oxygen atoms in total. The summed E-state index contributed by atoms with van der Waals surface area (Å²) in [4.78, 5) is 6.58. The molecule has 0 aliphatic rings. The van der Waals surface area contributed by atoms with Crippen LogP contribution in [0.5, 0.6) is 0 Å². The van der Waals surface area contributed by atoms with Crippen molar-refractivity contribution in [1.82, 2.24) is 9.88 Å². The molecule has 0 unspecified atom stereocenters. The van der Waals surface area contributed by atoms with Crippen LogP contribution < -0.4 is 11.3 Å². The van der Waals surface area contributed by atoms with Crippen LogP contribution in [-0.4, -0.2) is 23.0 Å². The molecule has 0 aliphatic heterocycles. The second kappa shape index (κ2) is 6.37. The summed E-state index contributed by atoms with van der Waals surface area (Å²) in [5, 5.41) is 0. The summed E-state index contributed by atoms with van der Waals surface area (Å²) >= 11 is 0. The Balaban J connectivity index is 2.55. The van der Waals surface area contributed by atoms with Gasteiger partial charge in [-0.15, -0.1) is 0 Å². The number of anilines is 1. The smallest absolute Gasteiger partial charge is 0.139 e. The molecule has 0 saturated carbocycles. The number of nitrogens with one attached hydrogen (secondary N) is 1. The summed E-state index contributed by atoms with van der Waals surface area (Å²) in [5.74, 6) is 5.96. The molecule has 0 radical (unpaired) electrons. The van der Waals surface area contributed by atoms with Gasteiger partial charge in [0.05, 0.1) is 0 Å². The molecule has 0 bridgehead atoms. The van der Waals surface area contributed by atoms with Gasteiger partial charge in [-0.3, -0.25) is 4.90 Å². The maximum Gasteiger partial charge on any atom is 0.139 e. The number of nitrogens with two attached hydrogens (primary N) is 1. The molecular formula is C11H20N4. The predicted octanol–water partition coefficient (Wildman–Crippen LogP) is 1.60. The van der Waals surface area contributed by atoms with Crippen molar-refractivity contribution in [2.75, 3.05) is 18.5 Å². The first-order valence-corrected chi connectivity index (χ1v) is 5.44. The zero-order valence-electron chi connectivity index (χ0n) is 9.53. The Kier molecular flexibility index (Phi) is 5.07. The minimum Gasteiger partial charge on any atom is -0.308 e. The van der Waals surface area contributed by atoms with Crippen LogP contribution in [0.15, 0.2) is 18.3 Å². The number of hydrogen-bond donors (Lipinski definition) is 2. The quantitative estimate of drug-likeness (QED) is 0.551. The molecule has 1 aromatic rings. The van der Waals surface area contributed by atoms with Gasteiger partial charge in [-0.1, -0.05) is 19.9 Å². The van der Waals surface area contributed by atoms with Crippen LogP contribution >= 0.6 is 0 Å². The molecule has 0 aliphatic carbocycles. The van der Waals surface area contributed by atoms with Gasteiger partial charge in [0.1, 0.15) is 5.82 Å². The van der Waals surface area contributed by atoms with Crippen LogP contribution in [0, 0.1) is 0 Å². The molecule has 84 valence electrons. The molecule has 0 fully saturated rings. The SMILES string of the molecule is CCCN(CC)Cc1ccc(NN)nc1. The molecule has 1 rings (SSSR count). The number of rotatable bonds is 6. The van der Waals surface area contributed by atoms with Crippen LogP contribution in [0.1, 0.15) is 25.8 Å². The Morgan fingerprint density at radius 2 is 2.20 bits per heavy atom. The number of nitrogens with zero attached hydrogens (tertiary/aromatic N) is 2. The third-order valence-corrected chi connectivity index (χ3v) is 2.37. The highest BCUT2D eigenvalue weighted by atomic mass is 15.2. The predicted molar refractivity (Wildman–Crippen MR) is 63.3 cm³/mol. The van der Waals surface area contributed by atoms with Gasteiger partial charge in [0.25, 0.3) is 0 Å². The summed E-state index contributed by atoms with van der Waals surface area (Å²) in [6, 6.07) is 3.95. The van der Waals surface area contributed by atoms with Gasteiger partial charge in [-0.05, 0) is 31.1 Å². The lowest BCUT2D eigenvalue weighted by Gasteiger charge is -2.19. The Morgan fingerprint density at radius 1 is 1.40 bits per heavy atom. The molecule has 0 spiro atoms. The zero-order valence-corrected chi connectivity index (χ0v) is 9.53. The van der Waals surface area contributed by atoms with Crippen molar-refractivity contribution in [3.63, 3.8) is 0 Å². The molecule has 1 aromatic heterocycles. The van der Waals surface area contributed by atoms with E-state index in [1.807, 2.05) is 12.3 Å². The van der Waals surface area contributed by atoms with Crippen molar-refractivity contribution >= 4 is 5.82 Å². The molecule has 0 atom stereocenters. The van der Waals surface area contributed by atoms with E-state index in [1.165, 1.54) is 12.0 Å². The molecule has 0 aromatic carbocycles. The van der Waals surface area contributed by atoms with Gasteiger partial charge in [0.2, 0.25) is 0 Å². The van der Waals surface area contributed by atoms with E-state index in [0.717, 1.165) is 19.6 Å².